The molecule has 0 bridgehead atoms. The van der Waals surface area contributed by atoms with Gasteiger partial charge in [-0.05, 0) is 42.9 Å². The molecule has 102 valence electrons. The molecule has 0 aromatic heterocycles. The van der Waals surface area contributed by atoms with Crippen LogP contribution in [0.15, 0.2) is 30.4 Å². The van der Waals surface area contributed by atoms with Crippen LogP contribution in [0.3, 0.4) is 0 Å². The minimum absolute atomic E-state index is 0.748. The molecule has 1 fully saturated rings. The van der Waals surface area contributed by atoms with E-state index in [2.05, 4.69) is 23.1 Å². The highest BCUT2D eigenvalue weighted by Crippen LogP contribution is 2.32. The molecular formula is C16H20ClNO. The van der Waals surface area contributed by atoms with Crippen LogP contribution < -0.4 is 4.74 Å². The van der Waals surface area contributed by atoms with E-state index >= 15 is 0 Å². The van der Waals surface area contributed by atoms with Gasteiger partial charge in [-0.2, -0.15) is 0 Å². The number of halogens is 1. The van der Waals surface area contributed by atoms with Gasteiger partial charge in [-0.25, -0.2) is 0 Å². The Hall–Kier alpha value is -0.990. The van der Waals surface area contributed by atoms with E-state index in [-0.39, 0.29) is 0 Å². The van der Waals surface area contributed by atoms with E-state index in [0.717, 1.165) is 49.4 Å². The Morgan fingerprint density at radius 1 is 1.21 bits per heavy atom. The first kappa shape index (κ1) is 13.0. The molecule has 0 saturated heterocycles. The second-order valence-corrected chi connectivity index (χ2v) is 5.91. The van der Waals surface area contributed by atoms with Crippen molar-refractivity contribution < 1.29 is 4.74 Å². The lowest BCUT2D eigenvalue weighted by Crippen LogP contribution is -2.22. The molecule has 0 radical (unpaired) electrons. The van der Waals surface area contributed by atoms with Crippen LogP contribution in [0.2, 0.25) is 5.02 Å². The largest absolute Gasteiger partial charge is 0.492 e. The molecule has 0 atom stereocenters. The first-order valence-electron chi connectivity index (χ1n) is 7.10. The SMILES string of the molecule is Clc1cc(CCN2CC=CC2)ccc1OCC1CC1. The maximum Gasteiger partial charge on any atom is 0.137 e. The van der Waals surface area contributed by atoms with Gasteiger partial charge in [-0.1, -0.05) is 29.8 Å². The van der Waals surface area contributed by atoms with Gasteiger partial charge in [-0.15, -0.1) is 0 Å². The van der Waals surface area contributed by atoms with Crippen molar-refractivity contribution in [2.75, 3.05) is 26.2 Å². The molecule has 0 amide bonds. The third kappa shape index (κ3) is 3.74. The molecule has 2 aliphatic rings. The number of hydrogen-bond donors (Lipinski definition) is 0. The number of hydrogen-bond acceptors (Lipinski definition) is 2. The van der Waals surface area contributed by atoms with E-state index in [4.69, 9.17) is 16.3 Å². The van der Waals surface area contributed by atoms with Gasteiger partial charge in [0.25, 0.3) is 0 Å². The Bertz CT molecular complexity index is 460. The Morgan fingerprint density at radius 2 is 2.00 bits per heavy atom. The summed E-state index contributed by atoms with van der Waals surface area (Å²) in [6, 6.07) is 6.20. The van der Waals surface area contributed by atoms with Crippen LogP contribution >= 0.6 is 11.6 Å². The smallest absolute Gasteiger partial charge is 0.137 e. The van der Waals surface area contributed by atoms with Crippen LogP contribution in [-0.2, 0) is 6.42 Å². The monoisotopic (exact) mass is 277 g/mol. The lowest BCUT2D eigenvalue weighted by molar-refractivity contribution is 0.300. The van der Waals surface area contributed by atoms with Crippen LogP contribution in [0.25, 0.3) is 0 Å². The van der Waals surface area contributed by atoms with E-state index in [1.165, 1.54) is 18.4 Å². The van der Waals surface area contributed by atoms with Gasteiger partial charge in [0, 0.05) is 19.6 Å². The van der Waals surface area contributed by atoms with E-state index in [1.807, 2.05) is 12.1 Å². The standard InChI is InChI=1S/C16H20ClNO/c17-15-11-13(7-10-18-8-1-2-9-18)5-6-16(15)19-12-14-3-4-14/h1-2,5-6,11,14H,3-4,7-10,12H2. The van der Waals surface area contributed by atoms with Gasteiger partial charge in [0.1, 0.15) is 5.75 Å². The van der Waals surface area contributed by atoms with Crippen molar-refractivity contribution in [3.8, 4) is 5.75 Å². The van der Waals surface area contributed by atoms with Gasteiger partial charge in [0.2, 0.25) is 0 Å². The van der Waals surface area contributed by atoms with Crippen molar-refractivity contribution in [2.24, 2.45) is 5.92 Å². The third-order valence-electron chi connectivity index (χ3n) is 3.78. The summed E-state index contributed by atoms with van der Waals surface area (Å²) >= 11 is 6.28. The highest BCUT2D eigenvalue weighted by Gasteiger charge is 2.22. The van der Waals surface area contributed by atoms with Crippen molar-refractivity contribution in [1.29, 1.82) is 0 Å². The molecule has 1 heterocycles. The quantitative estimate of drug-likeness (QED) is 0.738. The number of rotatable bonds is 6. The third-order valence-corrected chi connectivity index (χ3v) is 4.07. The number of ether oxygens (including phenoxy) is 1. The highest BCUT2D eigenvalue weighted by atomic mass is 35.5. The molecule has 0 unspecified atom stereocenters. The first-order chi connectivity index (χ1) is 9.31. The normalized spacial score (nSPS) is 19.0. The molecule has 0 N–H and O–H groups in total. The highest BCUT2D eigenvalue weighted by molar-refractivity contribution is 6.32. The van der Waals surface area contributed by atoms with Crippen molar-refractivity contribution in [1.82, 2.24) is 4.90 Å². The molecular weight excluding hydrogens is 258 g/mol. The molecule has 1 aromatic rings. The maximum absolute atomic E-state index is 6.28. The first-order valence-corrected chi connectivity index (χ1v) is 7.47. The lowest BCUT2D eigenvalue weighted by atomic mass is 10.1. The van der Waals surface area contributed by atoms with E-state index in [1.54, 1.807) is 0 Å². The summed E-state index contributed by atoms with van der Waals surface area (Å²) in [6.07, 6.45) is 8.10. The lowest BCUT2D eigenvalue weighted by Gasteiger charge is -2.15. The fraction of sp³-hybridized carbons (Fsp3) is 0.500. The molecule has 1 aliphatic carbocycles. The molecule has 1 saturated carbocycles. The van der Waals surface area contributed by atoms with Gasteiger partial charge >= 0.3 is 0 Å². The molecule has 3 rings (SSSR count). The molecule has 1 aliphatic heterocycles. The number of nitrogens with zero attached hydrogens (tertiary/aromatic N) is 1. The zero-order chi connectivity index (χ0) is 13.1. The summed E-state index contributed by atoms with van der Waals surface area (Å²) in [5, 5.41) is 0.748. The molecule has 0 spiro atoms. The number of benzene rings is 1. The second kappa shape index (κ2) is 5.98. The molecule has 19 heavy (non-hydrogen) atoms. The summed E-state index contributed by atoms with van der Waals surface area (Å²) in [5.74, 6) is 1.60. The molecule has 3 heteroatoms. The van der Waals surface area contributed by atoms with Gasteiger partial charge in [-0.3, -0.25) is 4.90 Å². The van der Waals surface area contributed by atoms with Gasteiger partial charge in [0.05, 0.1) is 11.6 Å². The molecule has 2 nitrogen and oxygen atoms in total. The van der Waals surface area contributed by atoms with E-state index in [0.29, 0.717) is 0 Å². The zero-order valence-corrected chi connectivity index (χ0v) is 11.9. The fourth-order valence-corrected chi connectivity index (χ4v) is 2.56. The van der Waals surface area contributed by atoms with E-state index < -0.39 is 0 Å². The van der Waals surface area contributed by atoms with Gasteiger partial charge < -0.3 is 4.74 Å². The maximum atomic E-state index is 6.28. The van der Waals surface area contributed by atoms with Crippen molar-refractivity contribution in [2.45, 2.75) is 19.3 Å². The van der Waals surface area contributed by atoms with Crippen LogP contribution in [0, 0.1) is 5.92 Å². The Morgan fingerprint density at radius 3 is 2.68 bits per heavy atom. The summed E-state index contributed by atoms with van der Waals surface area (Å²) in [7, 11) is 0. The van der Waals surface area contributed by atoms with Crippen LogP contribution in [-0.4, -0.2) is 31.1 Å². The van der Waals surface area contributed by atoms with Crippen LogP contribution in [0.5, 0.6) is 5.75 Å². The minimum Gasteiger partial charge on any atom is -0.492 e. The Kier molecular flexibility index (Phi) is 4.09. The Balaban J connectivity index is 1.52. The van der Waals surface area contributed by atoms with Crippen LogP contribution in [0.1, 0.15) is 18.4 Å². The average Bonchev–Trinajstić information content (AvgIpc) is 3.09. The predicted molar refractivity (Wildman–Crippen MR) is 79.0 cm³/mol. The fourth-order valence-electron chi connectivity index (χ4n) is 2.30. The zero-order valence-electron chi connectivity index (χ0n) is 11.1. The second-order valence-electron chi connectivity index (χ2n) is 5.50. The van der Waals surface area contributed by atoms with Gasteiger partial charge in [0.15, 0.2) is 0 Å². The van der Waals surface area contributed by atoms with E-state index in [9.17, 15) is 0 Å². The van der Waals surface area contributed by atoms with Crippen molar-refractivity contribution >= 4 is 11.6 Å². The summed E-state index contributed by atoms with van der Waals surface area (Å²) in [6.45, 7) is 4.07. The summed E-state index contributed by atoms with van der Waals surface area (Å²) in [5.41, 5.74) is 1.29. The summed E-state index contributed by atoms with van der Waals surface area (Å²) < 4.78 is 5.74. The average molecular weight is 278 g/mol. The van der Waals surface area contributed by atoms with Crippen molar-refractivity contribution in [3.63, 3.8) is 0 Å². The molecule has 1 aromatic carbocycles. The van der Waals surface area contributed by atoms with Crippen molar-refractivity contribution in [3.05, 3.63) is 40.9 Å². The Labute approximate surface area is 120 Å². The minimum atomic E-state index is 0.748. The topological polar surface area (TPSA) is 12.5 Å². The van der Waals surface area contributed by atoms with Crippen LogP contribution in [0.4, 0.5) is 0 Å². The predicted octanol–water partition coefficient (Wildman–Crippen LogP) is 3.54. The summed E-state index contributed by atoms with van der Waals surface area (Å²) in [4.78, 5) is 2.42.